The van der Waals surface area contributed by atoms with Gasteiger partial charge in [-0.2, -0.15) is 19.0 Å². The highest BCUT2D eigenvalue weighted by atomic mass is 32.1. The van der Waals surface area contributed by atoms with Crippen molar-refractivity contribution >= 4 is 78.4 Å². The molecular weight excluding hydrogens is 1010 g/mol. The van der Waals surface area contributed by atoms with E-state index in [0.717, 1.165) is 113 Å². The van der Waals surface area contributed by atoms with E-state index >= 15 is 0 Å². The van der Waals surface area contributed by atoms with Gasteiger partial charge in [-0.15, -0.1) is 22.7 Å². The highest BCUT2D eigenvalue weighted by Crippen LogP contribution is 2.37. The largest absolute Gasteiger partial charge is 0.335 e. The van der Waals surface area contributed by atoms with Gasteiger partial charge in [0.05, 0.1) is 46.1 Å². The third-order valence-corrected chi connectivity index (χ3v) is 14.7. The Kier molecular flexibility index (Phi) is 13.3. The topological polar surface area (TPSA) is 224 Å². The maximum Gasteiger partial charge on any atom is 0.255 e. The number of nitrogens with one attached hydrogen (secondary N) is 5. The Morgan fingerprint density at radius 1 is 0.623 bits per heavy atom. The Hall–Kier alpha value is -9.31. The van der Waals surface area contributed by atoms with Gasteiger partial charge in [0.2, 0.25) is 0 Å². The Bertz CT molecular complexity index is 4250. The molecule has 0 aliphatic carbocycles. The van der Waals surface area contributed by atoms with Crippen LogP contribution in [0.25, 0.3) is 110 Å². The fourth-order valence-electron chi connectivity index (χ4n) is 9.24. The summed E-state index contributed by atoms with van der Waals surface area (Å²) < 4.78 is 27.3. The molecule has 13 heterocycles. The minimum absolute atomic E-state index is 0.218. The van der Waals surface area contributed by atoms with E-state index in [2.05, 4.69) is 82.6 Å². The van der Waals surface area contributed by atoms with Crippen LogP contribution in [-0.4, -0.2) is 94.1 Å². The molecule has 0 radical (unpaired) electrons. The Balaban J connectivity index is 0.000000150. The lowest BCUT2D eigenvalue weighted by Gasteiger charge is -2.14. The molecule has 0 atom stereocenters. The summed E-state index contributed by atoms with van der Waals surface area (Å²) >= 11 is 2.12. The number of aromatic amines is 4. The molecule has 14 rings (SSSR count). The van der Waals surface area contributed by atoms with Gasteiger partial charge in [-0.3, -0.25) is 39.8 Å². The summed E-state index contributed by atoms with van der Waals surface area (Å²) in [7, 11) is 0. The van der Waals surface area contributed by atoms with Gasteiger partial charge in [-0.05, 0) is 92.2 Å². The molecule has 0 unspecified atom stereocenters. The van der Waals surface area contributed by atoms with E-state index in [1.165, 1.54) is 30.5 Å². The van der Waals surface area contributed by atoms with Gasteiger partial charge in [0.25, 0.3) is 5.91 Å². The van der Waals surface area contributed by atoms with Crippen molar-refractivity contribution in [1.82, 2.24) is 75.1 Å². The quantitative estimate of drug-likeness (QED) is 0.0862. The van der Waals surface area contributed by atoms with Crippen molar-refractivity contribution in [3.63, 3.8) is 0 Å². The summed E-state index contributed by atoms with van der Waals surface area (Å²) in [4.78, 5) is 59.4. The number of fused-ring (bicyclic) bond motifs is 4. The van der Waals surface area contributed by atoms with Crippen molar-refractivity contribution in [1.29, 1.82) is 0 Å². The summed E-state index contributed by atoms with van der Waals surface area (Å²) in [6.07, 6.45) is 20.0. The maximum absolute atomic E-state index is 13.7. The number of hydrogen-bond donors (Lipinski definition) is 5. The number of amides is 1. The average Bonchev–Trinajstić information content (AvgIpc) is 4.43. The summed E-state index contributed by atoms with van der Waals surface area (Å²) in [5, 5.41) is 18.9. The number of benzene rings is 1. The number of nitrogens with zero attached hydrogens (tertiary/aromatic N) is 11. The van der Waals surface area contributed by atoms with Crippen LogP contribution in [0.1, 0.15) is 42.6 Å². The van der Waals surface area contributed by atoms with Crippen LogP contribution in [-0.2, 0) is 6.54 Å². The van der Waals surface area contributed by atoms with E-state index in [1.54, 1.807) is 67.6 Å². The van der Waals surface area contributed by atoms with Crippen molar-refractivity contribution in [2.45, 2.75) is 33.2 Å². The monoisotopic (exact) mass is 1060 g/mol. The molecule has 21 heteroatoms. The van der Waals surface area contributed by atoms with Crippen molar-refractivity contribution < 1.29 is 13.6 Å². The number of pyridine rings is 6. The third kappa shape index (κ3) is 9.92. The number of thiophene rings is 2. The second-order valence-corrected chi connectivity index (χ2v) is 19.8. The van der Waals surface area contributed by atoms with E-state index < -0.39 is 0 Å². The third-order valence-electron chi connectivity index (χ3n) is 12.9. The molecule has 1 amide bonds. The van der Waals surface area contributed by atoms with Crippen molar-refractivity contribution in [2.75, 3.05) is 18.4 Å². The van der Waals surface area contributed by atoms with Crippen LogP contribution < -0.4 is 5.32 Å². The molecule has 380 valence electrons. The van der Waals surface area contributed by atoms with Crippen LogP contribution >= 0.6 is 22.7 Å². The zero-order valence-corrected chi connectivity index (χ0v) is 42.8. The van der Waals surface area contributed by atoms with Crippen molar-refractivity contribution in [3.05, 3.63) is 162 Å². The highest BCUT2D eigenvalue weighted by molar-refractivity contribution is 7.14. The minimum Gasteiger partial charge on any atom is -0.335 e. The number of likely N-dealkylation sites (tertiary alicyclic amines) is 1. The molecule has 1 saturated heterocycles. The Morgan fingerprint density at radius 2 is 1.23 bits per heavy atom. The minimum atomic E-state index is -0.271. The van der Waals surface area contributed by atoms with E-state index in [-0.39, 0.29) is 16.2 Å². The van der Waals surface area contributed by atoms with Gasteiger partial charge in [-0.25, -0.2) is 19.9 Å². The molecule has 0 spiro atoms. The molecule has 1 aliphatic heterocycles. The SMILES string of the molecule is CC.Fc1ccc(-c2cncc3[nH]c(-c4[nH]nc5ncc(-c6cncc(CN7CCCC7)c6)cc45)nc23)s1.O=C(Nc1cncc(-c2cnc3[nH]nc(-c4nc5c(-c6ccc(F)s6)cncc5[nH]4)c3c2)c1)c1ccccc1. The van der Waals surface area contributed by atoms with E-state index in [4.69, 9.17) is 9.97 Å². The number of anilines is 1. The van der Waals surface area contributed by atoms with Crippen LogP contribution in [0.3, 0.4) is 0 Å². The first-order valence-corrected chi connectivity index (χ1v) is 26.3. The lowest BCUT2D eigenvalue weighted by Crippen LogP contribution is -2.18. The van der Waals surface area contributed by atoms with E-state index in [9.17, 15) is 13.6 Å². The molecule has 0 saturated carbocycles. The van der Waals surface area contributed by atoms with Gasteiger partial charge >= 0.3 is 0 Å². The first-order valence-electron chi connectivity index (χ1n) is 24.7. The Morgan fingerprint density at radius 3 is 1.92 bits per heavy atom. The molecule has 1 fully saturated rings. The smallest absolute Gasteiger partial charge is 0.255 e. The van der Waals surface area contributed by atoms with E-state index in [1.807, 2.05) is 62.8 Å². The predicted molar refractivity (Wildman–Crippen MR) is 297 cm³/mol. The first kappa shape index (κ1) is 48.6. The van der Waals surface area contributed by atoms with Gasteiger partial charge in [-0.1, -0.05) is 32.0 Å². The molecule has 77 heavy (non-hydrogen) atoms. The Labute approximate surface area is 445 Å². The maximum atomic E-state index is 13.7. The van der Waals surface area contributed by atoms with Crippen LogP contribution in [0.2, 0.25) is 0 Å². The average molecular weight is 1060 g/mol. The second-order valence-electron chi connectivity index (χ2n) is 17.8. The van der Waals surface area contributed by atoms with E-state index in [0.29, 0.717) is 50.9 Å². The number of carbonyl (C=O) groups is 1. The van der Waals surface area contributed by atoms with Crippen molar-refractivity contribution in [2.24, 2.45) is 0 Å². The van der Waals surface area contributed by atoms with Crippen molar-refractivity contribution in [3.8, 4) is 66.2 Å². The van der Waals surface area contributed by atoms with Crippen LogP contribution in [0.4, 0.5) is 14.5 Å². The molecule has 1 aliphatic rings. The second kappa shape index (κ2) is 21.1. The number of imidazole rings is 2. The molecular formula is C56H44F2N16OS2. The van der Waals surface area contributed by atoms with Crippen LogP contribution in [0.15, 0.2) is 141 Å². The number of hydrogen-bond acceptors (Lipinski definition) is 14. The van der Waals surface area contributed by atoms with Gasteiger partial charge in [0.15, 0.2) is 33.2 Å². The summed E-state index contributed by atoms with van der Waals surface area (Å²) in [5.74, 6) is 0.936. The molecule has 17 nitrogen and oxygen atoms in total. The molecule has 12 aromatic heterocycles. The lowest BCUT2D eigenvalue weighted by molar-refractivity contribution is 0.102. The summed E-state index contributed by atoms with van der Waals surface area (Å²) in [6, 6.07) is 23.4. The fraction of sp³-hybridized carbons (Fsp3) is 0.125. The summed E-state index contributed by atoms with van der Waals surface area (Å²) in [5.41, 5.74) is 12.8. The number of H-pyrrole nitrogens is 4. The normalized spacial score (nSPS) is 12.5. The number of halogens is 2. The number of rotatable bonds is 10. The fourth-order valence-corrected chi connectivity index (χ4v) is 10.7. The van der Waals surface area contributed by atoms with Gasteiger partial charge in [0, 0.05) is 98.6 Å². The zero-order chi connectivity index (χ0) is 52.4. The van der Waals surface area contributed by atoms with Crippen LogP contribution in [0, 0.1) is 10.3 Å². The molecule has 0 bridgehead atoms. The zero-order valence-electron chi connectivity index (χ0n) is 41.2. The lowest BCUT2D eigenvalue weighted by atomic mass is 10.1. The van der Waals surface area contributed by atoms with Gasteiger partial charge in [0.1, 0.15) is 22.4 Å². The standard InChI is InChI=1S/C28H17FN8OS.C26H21FN8S.C2H6/c29-23-7-6-22(39-23)20-13-31-14-21-24(20)35-27(34-21)25-19-9-17(11-32-26(19)37-36-25)16-8-18(12-30-10-16)33-28(38)15-4-2-1-3-5-15;27-22-4-3-21(36-22)19-12-29-13-20-23(19)32-26(31-20)24-18-8-17(11-30-25(18)34-33-24)16-7-15(9-28-10-16)14-35-5-1-2-6-35;1-2/h1-14H,(H,33,38)(H,34,35)(H,32,36,37);3-4,7-13H,1-2,5-6,14H2,(H,31,32)(H,30,33,34);1-2H3. The molecule has 1 aromatic carbocycles. The van der Waals surface area contributed by atoms with Crippen LogP contribution in [0.5, 0.6) is 0 Å². The molecule has 5 N–H and O–H groups in total. The number of carbonyl (C=O) groups excluding carboxylic acids is 1. The number of aromatic nitrogens is 14. The molecule has 13 aromatic rings. The highest BCUT2D eigenvalue weighted by Gasteiger charge is 2.21. The summed E-state index contributed by atoms with van der Waals surface area (Å²) in [6.45, 7) is 7.20. The van der Waals surface area contributed by atoms with Gasteiger partial charge < -0.3 is 15.3 Å². The first-order chi connectivity index (χ1) is 37.8. The predicted octanol–water partition coefficient (Wildman–Crippen LogP) is 12.5.